The summed E-state index contributed by atoms with van der Waals surface area (Å²) in [5, 5.41) is 0. The van der Waals surface area contributed by atoms with Crippen molar-refractivity contribution < 1.29 is 9.47 Å². The van der Waals surface area contributed by atoms with Gasteiger partial charge in [0.25, 0.3) is 0 Å². The Hall–Kier alpha value is -2.07. The molecule has 3 rings (SSSR count). The maximum Gasteiger partial charge on any atom is 0.161 e. The van der Waals surface area contributed by atoms with Crippen molar-refractivity contribution in [1.82, 2.24) is 4.98 Å². The number of fused-ring (bicyclic) bond motifs is 1. The fourth-order valence-electron chi connectivity index (χ4n) is 2.27. The minimum Gasteiger partial charge on any atom is -0.486 e. The van der Waals surface area contributed by atoms with Gasteiger partial charge >= 0.3 is 0 Å². The Bertz CT molecular complexity index is 598. The molecule has 2 aromatic rings. The van der Waals surface area contributed by atoms with Crippen molar-refractivity contribution in [3.05, 3.63) is 53.3 Å². The highest BCUT2D eigenvalue weighted by Gasteiger charge is 2.16. The smallest absolute Gasteiger partial charge is 0.161 e. The average Bonchev–Trinajstić information content (AvgIpc) is 2.46. The molecule has 0 amide bonds. The predicted molar refractivity (Wildman–Crippen MR) is 72.4 cm³/mol. The van der Waals surface area contributed by atoms with Crippen LogP contribution in [-0.4, -0.2) is 18.2 Å². The summed E-state index contributed by atoms with van der Waals surface area (Å²) in [7, 11) is 0. The first kappa shape index (κ1) is 12.0. The standard InChI is InChI=1S/C15H16N2O2/c1-10-9-17-5-4-12(10)15(16)11-2-3-13-14(8-11)19-7-6-18-13/h2-5,8-9,15H,6-7,16H2,1H3. The van der Waals surface area contributed by atoms with E-state index >= 15 is 0 Å². The number of pyridine rings is 1. The molecule has 0 saturated carbocycles. The molecule has 1 unspecified atom stereocenters. The number of nitrogens with two attached hydrogens (primary N) is 1. The largest absolute Gasteiger partial charge is 0.486 e. The van der Waals surface area contributed by atoms with E-state index in [0.717, 1.165) is 28.2 Å². The van der Waals surface area contributed by atoms with Crippen LogP contribution in [0.1, 0.15) is 22.7 Å². The summed E-state index contributed by atoms with van der Waals surface area (Å²) < 4.78 is 11.1. The van der Waals surface area contributed by atoms with Crippen molar-refractivity contribution in [2.24, 2.45) is 5.73 Å². The highest BCUT2D eigenvalue weighted by Crippen LogP contribution is 2.33. The molecule has 0 aliphatic carbocycles. The lowest BCUT2D eigenvalue weighted by Crippen LogP contribution is -2.17. The number of rotatable bonds is 2. The second kappa shape index (κ2) is 4.90. The minimum absolute atomic E-state index is 0.182. The van der Waals surface area contributed by atoms with E-state index in [1.807, 2.05) is 37.4 Å². The number of aromatic nitrogens is 1. The number of nitrogens with zero attached hydrogens (tertiary/aromatic N) is 1. The molecule has 0 saturated heterocycles. The summed E-state index contributed by atoms with van der Waals surface area (Å²) in [5.74, 6) is 1.56. The molecule has 4 nitrogen and oxygen atoms in total. The molecule has 98 valence electrons. The van der Waals surface area contributed by atoms with Crippen LogP contribution < -0.4 is 15.2 Å². The summed E-state index contributed by atoms with van der Waals surface area (Å²) in [6.07, 6.45) is 3.59. The Morgan fingerprint density at radius 1 is 1.16 bits per heavy atom. The minimum atomic E-state index is -0.182. The Morgan fingerprint density at radius 3 is 2.74 bits per heavy atom. The van der Waals surface area contributed by atoms with Crippen LogP contribution in [-0.2, 0) is 0 Å². The monoisotopic (exact) mass is 256 g/mol. The third-order valence-electron chi connectivity index (χ3n) is 3.32. The van der Waals surface area contributed by atoms with Gasteiger partial charge < -0.3 is 15.2 Å². The summed E-state index contributed by atoms with van der Waals surface area (Å²) in [6.45, 7) is 3.20. The molecule has 0 radical (unpaired) electrons. The highest BCUT2D eigenvalue weighted by molar-refractivity contribution is 5.47. The highest BCUT2D eigenvalue weighted by atomic mass is 16.6. The van der Waals surface area contributed by atoms with Gasteiger partial charge in [0.15, 0.2) is 11.5 Å². The molecule has 19 heavy (non-hydrogen) atoms. The Balaban J connectivity index is 1.96. The SMILES string of the molecule is Cc1cnccc1C(N)c1ccc2c(c1)OCCO2. The van der Waals surface area contributed by atoms with Gasteiger partial charge in [-0.15, -0.1) is 0 Å². The molecule has 2 heterocycles. The Kier molecular flexibility index (Phi) is 3.09. The van der Waals surface area contributed by atoms with Gasteiger partial charge in [-0.05, 0) is 41.8 Å². The van der Waals surface area contributed by atoms with E-state index in [0.29, 0.717) is 13.2 Å². The van der Waals surface area contributed by atoms with Crippen molar-refractivity contribution in [2.45, 2.75) is 13.0 Å². The van der Waals surface area contributed by atoms with Crippen LogP contribution >= 0.6 is 0 Å². The molecule has 2 N–H and O–H groups in total. The normalized spacial score (nSPS) is 15.1. The predicted octanol–water partition coefficient (Wildman–Crippen LogP) is 2.21. The summed E-state index contributed by atoms with van der Waals surface area (Å²) in [4.78, 5) is 4.09. The van der Waals surface area contributed by atoms with E-state index in [1.165, 1.54) is 0 Å². The van der Waals surface area contributed by atoms with Crippen molar-refractivity contribution in [1.29, 1.82) is 0 Å². The lowest BCUT2D eigenvalue weighted by atomic mass is 9.97. The summed E-state index contributed by atoms with van der Waals surface area (Å²) >= 11 is 0. The molecule has 1 aromatic carbocycles. The number of aryl methyl sites for hydroxylation is 1. The molecule has 0 fully saturated rings. The first-order valence-corrected chi connectivity index (χ1v) is 6.31. The summed E-state index contributed by atoms with van der Waals surface area (Å²) in [6, 6.07) is 7.63. The van der Waals surface area contributed by atoms with Gasteiger partial charge in [-0.1, -0.05) is 6.07 Å². The van der Waals surface area contributed by atoms with Gasteiger partial charge in [-0.25, -0.2) is 0 Å². The molecular weight excluding hydrogens is 240 g/mol. The molecule has 0 spiro atoms. The van der Waals surface area contributed by atoms with E-state index in [1.54, 1.807) is 6.20 Å². The summed E-state index contributed by atoms with van der Waals surface area (Å²) in [5.41, 5.74) is 9.50. The molecule has 1 aliphatic rings. The molecule has 4 heteroatoms. The fraction of sp³-hybridized carbons (Fsp3) is 0.267. The van der Waals surface area contributed by atoms with E-state index in [4.69, 9.17) is 15.2 Å². The van der Waals surface area contributed by atoms with Crippen molar-refractivity contribution in [3.8, 4) is 11.5 Å². The maximum atomic E-state index is 6.33. The van der Waals surface area contributed by atoms with E-state index in [2.05, 4.69) is 4.98 Å². The second-order valence-electron chi connectivity index (χ2n) is 4.61. The van der Waals surface area contributed by atoms with Gasteiger partial charge in [0.2, 0.25) is 0 Å². The van der Waals surface area contributed by atoms with Crippen LogP contribution in [0, 0.1) is 6.92 Å². The van der Waals surface area contributed by atoms with Crippen LogP contribution in [0.25, 0.3) is 0 Å². The zero-order valence-corrected chi connectivity index (χ0v) is 10.8. The lowest BCUT2D eigenvalue weighted by molar-refractivity contribution is 0.171. The maximum absolute atomic E-state index is 6.33. The van der Waals surface area contributed by atoms with Gasteiger partial charge in [0.05, 0.1) is 6.04 Å². The van der Waals surface area contributed by atoms with Gasteiger partial charge in [-0.3, -0.25) is 4.98 Å². The third-order valence-corrected chi connectivity index (χ3v) is 3.32. The van der Waals surface area contributed by atoms with Crippen molar-refractivity contribution in [2.75, 3.05) is 13.2 Å². The van der Waals surface area contributed by atoms with E-state index in [-0.39, 0.29) is 6.04 Å². The van der Waals surface area contributed by atoms with Crippen LogP contribution in [0.3, 0.4) is 0 Å². The number of benzene rings is 1. The quantitative estimate of drug-likeness (QED) is 0.895. The molecule has 1 aromatic heterocycles. The second-order valence-corrected chi connectivity index (χ2v) is 4.61. The van der Waals surface area contributed by atoms with Crippen LogP contribution in [0.2, 0.25) is 0 Å². The van der Waals surface area contributed by atoms with Crippen molar-refractivity contribution in [3.63, 3.8) is 0 Å². The number of ether oxygens (including phenoxy) is 2. The van der Waals surface area contributed by atoms with Gasteiger partial charge in [-0.2, -0.15) is 0 Å². The topological polar surface area (TPSA) is 57.4 Å². The first-order chi connectivity index (χ1) is 9.25. The first-order valence-electron chi connectivity index (χ1n) is 6.31. The average molecular weight is 256 g/mol. The fourth-order valence-corrected chi connectivity index (χ4v) is 2.27. The zero-order valence-electron chi connectivity index (χ0n) is 10.8. The number of hydrogen-bond acceptors (Lipinski definition) is 4. The Morgan fingerprint density at radius 2 is 1.95 bits per heavy atom. The molecule has 1 atom stereocenters. The van der Waals surface area contributed by atoms with Gasteiger partial charge in [0.1, 0.15) is 13.2 Å². The van der Waals surface area contributed by atoms with Crippen LogP contribution in [0.5, 0.6) is 11.5 Å². The Labute approximate surface area is 112 Å². The third kappa shape index (κ3) is 2.27. The van der Waals surface area contributed by atoms with Gasteiger partial charge in [0, 0.05) is 12.4 Å². The van der Waals surface area contributed by atoms with E-state index < -0.39 is 0 Å². The zero-order chi connectivity index (χ0) is 13.2. The van der Waals surface area contributed by atoms with Crippen LogP contribution in [0.15, 0.2) is 36.7 Å². The van der Waals surface area contributed by atoms with E-state index in [9.17, 15) is 0 Å². The molecule has 1 aliphatic heterocycles. The molecular formula is C15H16N2O2. The van der Waals surface area contributed by atoms with Crippen LogP contribution in [0.4, 0.5) is 0 Å². The van der Waals surface area contributed by atoms with Crippen molar-refractivity contribution >= 4 is 0 Å². The number of hydrogen-bond donors (Lipinski definition) is 1. The lowest BCUT2D eigenvalue weighted by Gasteiger charge is -2.21. The molecule has 0 bridgehead atoms.